The third-order valence-electron chi connectivity index (χ3n) is 4.78. The molecule has 2 atom stereocenters. The summed E-state index contributed by atoms with van der Waals surface area (Å²) in [5, 5.41) is 4.48. The molecule has 2 aromatic rings. The highest BCUT2D eigenvalue weighted by atomic mass is 16.1. The van der Waals surface area contributed by atoms with E-state index in [2.05, 4.69) is 31.9 Å². The van der Waals surface area contributed by atoms with Crippen LogP contribution in [0.3, 0.4) is 0 Å². The van der Waals surface area contributed by atoms with Gasteiger partial charge in [0.05, 0.1) is 6.04 Å². The van der Waals surface area contributed by atoms with Gasteiger partial charge in [0.25, 0.3) is 5.56 Å². The van der Waals surface area contributed by atoms with Crippen LogP contribution in [0.5, 0.6) is 0 Å². The molecule has 3 heterocycles. The number of piperidine rings is 1. The smallest absolute Gasteiger partial charge is 0.251 e. The number of aryl methyl sites for hydroxylation is 3. The summed E-state index contributed by atoms with van der Waals surface area (Å²) in [6.45, 7) is 10.8. The maximum Gasteiger partial charge on any atom is 0.251 e. The van der Waals surface area contributed by atoms with Crippen molar-refractivity contribution in [1.82, 2.24) is 29.6 Å². The van der Waals surface area contributed by atoms with E-state index in [9.17, 15) is 4.79 Å². The van der Waals surface area contributed by atoms with Gasteiger partial charge in [0.1, 0.15) is 17.5 Å². The number of aromatic amines is 1. The summed E-state index contributed by atoms with van der Waals surface area (Å²) < 4.78 is 2.01. The maximum atomic E-state index is 11.7. The summed E-state index contributed by atoms with van der Waals surface area (Å²) in [7, 11) is 0. The summed E-state index contributed by atoms with van der Waals surface area (Å²) in [6, 6.07) is 1.64. The standard InChI is InChI=1S/C17H26N6O/c1-11-8-16(24)20-17(18-11)12(2)22-7-5-6-15(9-22)10-23-14(4)19-13(3)21-23/h8,12,15H,5-7,9-10H2,1-4H3,(H,18,20,24)/t12-,15+/m0/s1. The molecular formula is C17H26N6O. The van der Waals surface area contributed by atoms with Crippen molar-refractivity contribution < 1.29 is 0 Å². The van der Waals surface area contributed by atoms with Crippen LogP contribution in [0.1, 0.15) is 49.0 Å². The van der Waals surface area contributed by atoms with Gasteiger partial charge in [0.15, 0.2) is 0 Å². The molecule has 0 unspecified atom stereocenters. The summed E-state index contributed by atoms with van der Waals surface area (Å²) in [5.74, 6) is 3.10. The van der Waals surface area contributed by atoms with E-state index in [0.717, 1.165) is 49.2 Å². The Kier molecular flexibility index (Phi) is 4.80. The van der Waals surface area contributed by atoms with Crippen LogP contribution in [0.15, 0.2) is 10.9 Å². The molecule has 1 saturated heterocycles. The van der Waals surface area contributed by atoms with Gasteiger partial charge in [-0.15, -0.1) is 0 Å². The van der Waals surface area contributed by atoms with Crippen molar-refractivity contribution in [3.63, 3.8) is 0 Å². The summed E-state index contributed by atoms with van der Waals surface area (Å²) in [4.78, 5) is 25.9. The first kappa shape index (κ1) is 16.8. The Balaban J connectivity index is 1.70. The minimum Gasteiger partial charge on any atom is -0.309 e. The lowest BCUT2D eigenvalue weighted by atomic mass is 9.96. The van der Waals surface area contributed by atoms with E-state index in [1.54, 1.807) is 0 Å². The van der Waals surface area contributed by atoms with Crippen LogP contribution in [0, 0.1) is 26.7 Å². The van der Waals surface area contributed by atoms with Crippen LogP contribution in [-0.4, -0.2) is 42.7 Å². The largest absolute Gasteiger partial charge is 0.309 e. The minimum absolute atomic E-state index is 0.0772. The van der Waals surface area contributed by atoms with E-state index in [0.29, 0.717) is 5.92 Å². The van der Waals surface area contributed by atoms with Gasteiger partial charge in [0, 0.05) is 24.8 Å². The first-order valence-electron chi connectivity index (χ1n) is 8.62. The van der Waals surface area contributed by atoms with E-state index >= 15 is 0 Å². The van der Waals surface area contributed by atoms with Crippen molar-refractivity contribution in [3.05, 3.63) is 39.6 Å². The van der Waals surface area contributed by atoms with Crippen LogP contribution in [0.2, 0.25) is 0 Å². The highest BCUT2D eigenvalue weighted by Crippen LogP contribution is 2.25. The predicted molar refractivity (Wildman–Crippen MR) is 91.8 cm³/mol. The zero-order valence-corrected chi connectivity index (χ0v) is 14.9. The van der Waals surface area contributed by atoms with Gasteiger partial charge in [-0.25, -0.2) is 14.6 Å². The lowest BCUT2D eigenvalue weighted by Gasteiger charge is -2.36. The van der Waals surface area contributed by atoms with E-state index in [4.69, 9.17) is 0 Å². The van der Waals surface area contributed by atoms with Crippen molar-refractivity contribution in [2.45, 2.75) is 53.1 Å². The van der Waals surface area contributed by atoms with Crippen LogP contribution in [0.4, 0.5) is 0 Å². The van der Waals surface area contributed by atoms with Gasteiger partial charge < -0.3 is 4.98 Å². The second-order valence-corrected chi connectivity index (χ2v) is 6.84. The third-order valence-corrected chi connectivity index (χ3v) is 4.78. The van der Waals surface area contributed by atoms with E-state index in [1.165, 1.54) is 12.5 Å². The van der Waals surface area contributed by atoms with Gasteiger partial charge >= 0.3 is 0 Å². The lowest BCUT2D eigenvalue weighted by Crippen LogP contribution is -2.39. The second-order valence-electron chi connectivity index (χ2n) is 6.84. The van der Waals surface area contributed by atoms with Crippen LogP contribution < -0.4 is 5.56 Å². The normalized spacial score (nSPS) is 20.2. The Morgan fingerprint density at radius 3 is 2.79 bits per heavy atom. The first-order chi connectivity index (χ1) is 11.4. The lowest BCUT2D eigenvalue weighted by molar-refractivity contribution is 0.116. The number of hydrogen-bond donors (Lipinski definition) is 1. The highest BCUT2D eigenvalue weighted by Gasteiger charge is 2.26. The molecule has 0 amide bonds. The topological polar surface area (TPSA) is 79.7 Å². The summed E-state index contributed by atoms with van der Waals surface area (Å²) in [6.07, 6.45) is 2.34. The van der Waals surface area contributed by atoms with Gasteiger partial charge in [-0.3, -0.25) is 9.69 Å². The number of nitrogens with one attached hydrogen (secondary N) is 1. The molecule has 130 valence electrons. The monoisotopic (exact) mass is 330 g/mol. The molecule has 24 heavy (non-hydrogen) atoms. The number of hydrogen-bond acceptors (Lipinski definition) is 5. The molecule has 0 saturated carbocycles. The highest BCUT2D eigenvalue weighted by molar-refractivity contribution is 5.03. The number of likely N-dealkylation sites (tertiary alicyclic amines) is 1. The molecule has 1 aliphatic heterocycles. The Morgan fingerprint density at radius 1 is 1.33 bits per heavy atom. The van der Waals surface area contributed by atoms with Gasteiger partial charge in [-0.2, -0.15) is 5.10 Å². The van der Waals surface area contributed by atoms with E-state index < -0.39 is 0 Å². The quantitative estimate of drug-likeness (QED) is 0.924. The Labute approximate surface area is 142 Å². The number of aromatic nitrogens is 5. The van der Waals surface area contributed by atoms with Crippen molar-refractivity contribution in [1.29, 1.82) is 0 Å². The molecule has 7 heteroatoms. The fourth-order valence-corrected chi connectivity index (χ4v) is 3.55. The average molecular weight is 330 g/mol. The zero-order valence-electron chi connectivity index (χ0n) is 14.9. The van der Waals surface area contributed by atoms with Crippen LogP contribution in [-0.2, 0) is 6.54 Å². The number of rotatable bonds is 4. The van der Waals surface area contributed by atoms with E-state index in [1.807, 2.05) is 25.5 Å². The fourth-order valence-electron chi connectivity index (χ4n) is 3.55. The molecule has 2 aromatic heterocycles. The molecule has 0 aliphatic carbocycles. The van der Waals surface area contributed by atoms with Gasteiger partial charge in [-0.05, 0) is 53.0 Å². The molecule has 1 fully saturated rings. The molecule has 0 bridgehead atoms. The Hall–Kier alpha value is -2.02. The summed E-state index contributed by atoms with van der Waals surface area (Å²) in [5.41, 5.74) is 0.689. The molecule has 1 N–H and O–H groups in total. The molecule has 0 spiro atoms. The first-order valence-corrected chi connectivity index (χ1v) is 8.62. The summed E-state index contributed by atoms with van der Waals surface area (Å²) >= 11 is 0. The van der Waals surface area contributed by atoms with Crippen molar-refractivity contribution in [2.75, 3.05) is 13.1 Å². The van der Waals surface area contributed by atoms with Crippen molar-refractivity contribution in [3.8, 4) is 0 Å². The zero-order chi connectivity index (χ0) is 17.3. The minimum atomic E-state index is -0.0772. The van der Waals surface area contributed by atoms with Gasteiger partial charge in [-0.1, -0.05) is 0 Å². The fraction of sp³-hybridized carbons (Fsp3) is 0.647. The van der Waals surface area contributed by atoms with Crippen molar-refractivity contribution >= 4 is 0 Å². The van der Waals surface area contributed by atoms with E-state index in [-0.39, 0.29) is 11.6 Å². The molecule has 0 aromatic carbocycles. The Morgan fingerprint density at radius 2 is 2.12 bits per heavy atom. The predicted octanol–water partition coefficient (Wildman–Crippen LogP) is 1.76. The molecular weight excluding hydrogens is 304 g/mol. The number of nitrogens with zero attached hydrogens (tertiary/aromatic N) is 5. The van der Waals surface area contributed by atoms with Crippen molar-refractivity contribution in [2.24, 2.45) is 5.92 Å². The third kappa shape index (κ3) is 3.72. The molecule has 7 nitrogen and oxygen atoms in total. The molecule has 1 aliphatic rings. The molecule has 3 rings (SSSR count). The van der Waals surface area contributed by atoms with Crippen LogP contribution >= 0.6 is 0 Å². The Bertz CT molecular complexity index is 765. The SMILES string of the molecule is Cc1cc(=O)[nH]c([C@H](C)N2CCC[C@@H](Cn3nc(C)nc3C)C2)n1. The molecule has 0 radical (unpaired) electrons. The second kappa shape index (κ2) is 6.84. The average Bonchev–Trinajstić information content (AvgIpc) is 2.83. The number of H-pyrrole nitrogens is 1. The maximum absolute atomic E-state index is 11.7. The van der Waals surface area contributed by atoms with Gasteiger partial charge in [0.2, 0.25) is 0 Å². The van der Waals surface area contributed by atoms with Crippen LogP contribution in [0.25, 0.3) is 0 Å².